The molecule has 0 spiro atoms. The van der Waals surface area contributed by atoms with Crippen LogP contribution in [0, 0.1) is 17.1 Å². The minimum absolute atomic E-state index is 0.318. The molecule has 0 radical (unpaired) electrons. The van der Waals surface area contributed by atoms with Crippen molar-refractivity contribution in [2.45, 2.75) is 23.7 Å². The van der Waals surface area contributed by atoms with Crippen molar-refractivity contribution in [3.05, 3.63) is 94.7 Å². The predicted octanol–water partition coefficient (Wildman–Crippen LogP) is 5.35. The molecule has 38 heavy (non-hydrogen) atoms. The molecular weight excluding hydrogens is 501 g/mol. The van der Waals surface area contributed by atoms with Crippen molar-refractivity contribution in [2.75, 3.05) is 20.2 Å². The fourth-order valence-corrected chi connectivity index (χ4v) is 5.35. The highest BCUT2D eigenvalue weighted by Gasteiger charge is 2.18. The van der Waals surface area contributed by atoms with E-state index in [9.17, 15) is 9.18 Å². The minimum atomic E-state index is -0.368. The van der Waals surface area contributed by atoms with Crippen LogP contribution in [0.3, 0.4) is 0 Å². The third-order valence-electron chi connectivity index (χ3n) is 6.66. The molecule has 2 aromatic carbocycles. The van der Waals surface area contributed by atoms with E-state index in [0.29, 0.717) is 29.0 Å². The van der Waals surface area contributed by atoms with Crippen LogP contribution in [-0.2, 0) is 24.1 Å². The SMILES string of the molecule is COC(=O)c1ccc2nc(CN3CC=C(c4cccc(SCc5ccc(C#N)cc5F)n4)CC3)n(C)c2c1. The minimum Gasteiger partial charge on any atom is -0.465 e. The summed E-state index contributed by atoms with van der Waals surface area (Å²) < 4.78 is 21.1. The van der Waals surface area contributed by atoms with Crippen molar-refractivity contribution in [1.82, 2.24) is 19.4 Å². The van der Waals surface area contributed by atoms with Gasteiger partial charge in [0, 0.05) is 25.9 Å². The summed E-state index contributed by atoms with van der Waals surface area (Å²) >= 11 is 1.48. The number of nitriles is 1. The number of benzene rings is 2. The van der Waals surface area contributed by atoms with E-state index in [1.54, 1.807) is 18.2 Å². The number of halogens is 1. The predicted molar refractivity (Wildman–Crippen MR) is 145 cm³/mol. The Morgan fingerprint density at radius 1 is 1.18 bits per heavy atom. The molecule has 1 aliphatic heterocycles. The second-order valence-electron chi connectivity index (χ2n) is 9.06. The Hall–Kier alpha value is -4.00. The first-order chi connectivity index (χ1) is 18.4. The first-order valence-corrected chi connectivity index (χ1v) is 13.2. The maximum absolute atomic E-state index is 14.2. The number of rotatable bonds is 7. The zero-order chi connectivity index (χ0) is 26.6. The first-order valence-electron chi connectivity index (χ1n) is 12.2. The van der Waals surface area contributed by atoms with Gasteiger partial charge in [-0.2, -0.15) is 5.26 Å². The highest BCUT2D eigenvalue weighted by Crippen LogP contribution is 2.27. The largest absolute Gasteiger partial charge is 0.465 e. The molecule has 9 heteroatoms. The Bertz CT molecular complexity index is 1590. The summed E-state index contributed by atoms with van der Waals surface area (Å²) in [6.45, 7) is 2.35. The summed E-state index contributed by atoms with van der Waals surface area (Å²) in [6.07, 6.45) is 3.07. The Morgan fingerprint density at radius 3 is 2.79 bits per heavy atom. The molecule has 1 aliphatic rings. The molecule has 0 aliphatic carbocycles. The van der Waals surface area contributed by atoms with E-state index in [4.69, 9.17) is 20.0 Å². The lowest BCUT2D eigenvalue weighted by atomic mass is 10.0. The molecule has 3 heterocycles. The number of fused-ring (bicyclic) bond motifs is 1. The van der Waals surface area contributed by atoms with Crippen LogP contribution in [0.15, 0.2) is 65.7 Å². The van der Waals surface area contributed by atoms with Crippen LogP contribution in [0.1, 0.15) is 39.4 Å². The maximum Gasteiger partial charge on any atom is 0.337 e. The second-order valence-corrected chi connectivity index (χ2v) is 10.1. The number of nitrogens with zero attached hydrogens (tertiary/aromatic N) is 5. The second kappa shape index (κ2) is 11.2. The number of hydrogen-bond acceptors (Lipinski definition) is 7. The molecule has 5 rings (SSSR count). The zero-order valence-corrected chi connectivity index (χ0v) is 22.0. The molecule has 2 aromatic heterocycles. The summed E-state index contributed by atoms with van der Waals surface area (Å²) in [4.78, 5) is 23.8. The van der Waals surface area contributed by atoms with Crippen LogP contribution in [0.2, 0.25) is 0 Å². The van der Waals surface area contributed by atoms with Crippen molar-refractivity contribution in [1.29, 1.82) is 5.26 Å². The number of thioether (sulfide) groups is 1. The van der Waals surface area contributed by atoms with E-state index in [2.05, 4.69) is 11.0 Å². The van der Waals surface area contributed by atoms with Crippen LogP contribution in [0.5, 0.6) is 0 Å². The molecule has 192 valence electrons. The zero-order valence-electron chi connectivity index (χ0n) is 21.1. The van der Waals surface area contributed by atoms with Gasteiger partial charge >= 0.3 is 5.97 Å². The average molecular weight is 528 g/mol. The quantitative estimate of drug-likeness (QED) is 0.237. The molecule has 0 atom stereocenters. The highest BCUT2D eigenvalue weighted by molar-refractivity contribution is 7.98. The van der Waals surface area contributed by atoms with Crippen molar-refractivity contribution >= 4 is 34.3 Å². The van der Waals surface area contributed by atoms with Crippen molar-refractivity contribution in [2.24, 2.45) is 7.05 Å². The molecule has 0 N–H and O–H groups in total. The molecule has 0 saturated heterocycles. The number of carbonyl (C=O) groups excluding carboxylic acids is 1. The lowest BCUT2D eigenvalue weighted by molar-refractivity contribution is 0.0601. The van der Waals surface area contributed by atoms with E-state index >= 15 is 0 Å². The van der Waals surface area contributed by atoms with E-state index in [-0.39, 0.29) is 11.8 Å². The van der Waals surface area contributed by atoms with Crippen LogP contribution in [-0.4, -0.2) is 45.6 Å². The van der Waals surface area contributed by atoms with Gasteiger partial charge in [-0.15, -0.1) is 11.8 Å². The summed E-state index contributed by atoms with van der Waals surface area (Å²) in [7, 11) is 3.34. The monoisotopic (exact) mass is 527 g/mol. The Morgan fingerprint density at radius 2 is 2.05 bits per heavy atom. The number of aromatic nitrogens is 3. The molecule has 0 saturated carbocycles. The standard InChI is InChI=1S/C29H26FN5O2S/c1-34-26-15-21(29(36)37-2)8-9-25(26)32-27(34)17-35-12-10-20(11-13-35)24-4-3-5-28(33-24)38-18-22-7-6-19(16-31)14-23(22)30/h3-10,14-15H,11-13,17-18H2,1-2H3. The van der Waals surface area contributed by atoms with Gasteiger partial charge in [0.2, 0.25) is 0 Å². The first kappa shape index (κ1) is 25.6. The van der Waals surface area contributed by atoms with Gasteiger partial charge in [-0.05, 0) is 60.0 Å². The Balaban J connectivity index is 1.23. The highest BCUT2D eigenvalue weighted by atomic mass is 32.2. The van der Waals surface area contributed by atoms with Crippen LogP contribution < -0.4 is 0 Å². The Labute approximate surface area is 224 Å². The number of ether oxygens (including phenoxy) is 1. The van der Waals surface area contributed by atoms with Crippen LogP contribution in [0.25, 0.3) is 16.6 Å². The summed E-state index contributed by atoms with van der Waals surface area (Å²) in [5.74, 6) is 0.651. The smallest absolute Gasteiger partial charge is 0.337 e. The van der Waals surface area contributed by atoms with E-state index in [1.165, 1.54) is 30.5 Å². The average Bonchev–Trinajstić information content (AvgIpc) is 3.26. The molecule has 0 unspecified atom stereocenters. The van der Waals surface area contributed by atoms with Crippen molar-refractivity contribution in [3.8, 4) is 6.07 Å². The van der Waals surface area contributed by atoms with Gasteiger partial charge in [0.15, 0.2) is 0 Å². The van der Waals surface area contributed by atoms with Crippen LogP contribution in [0.4, 0.5) is 4.39 Å². The van der Waals surface area contributed by atoms with Gasteiger partial charge in [-0.25, -0.2) is 19.2 Å². The van der Waals surface area contributed by atoms with Crippen molar-refractivity contribution < 1.29 is 13.9 Å². The third kappa shape index (κ3) is 5.47. The van der Waals surface area contributed by atoms with Crippen LogP contribution >= 0.6 is 11.8 Å². The lowest BCUT2D eigenvalue weighted by Crippen LogP contribution is -2.29. The number of carbonyl (C=O) groups is 1. The maximum atomic E-state index is 14.2. The third-order valence-corrected chi connectivity index (χ3v) is 7.64. The molecule has 0 bridgehead atoms. The van der Waals surface area contributed by atoms with E-state index in [0.717, 1.165) is 47.1 Å². The summed E-state index contributed by atoms with van der Waals surface area (Å²) in [6, 6.07) is 17.9. The van der Waals surface area contributed by atoms with Gasteiger partial charge in [-0.3, -0.25) is 4.90 Å². The number of esters is 1. The van der Waals surface area contributed by atoms with Gasteiger partial charge in [0.1, 0.15) is 11.6 Å². The number of hydrogen-bond donors (Lipinski definition) is 0. The van der Waals surface area contributed by atoms with Gasteiger partial charge in [-0.1, -0.05) is 18.2 Å². The number of pyridine rings is 1. The van der Waals surface area contributed by atoms with Gasteiger partial charge in [0.25, 0.3) is 0 Å². The number of imidazole rings is 1. The topological polar surface area (TPSA) is 84.0 Å². The fourth-order valence-electron chi connectivity index (χ4n) is 4.47. The van der Waals surface area contributed by atoms with Gasteiger partial charge in [0.05, 0.1) is 52.6 Å². The van der Waals surface area contributed by atoms with Gasteiger partial charge < -0.3 is 9.30 Å². The molecule has 0 fully saturated rings. The van der Waals surface area contributed by atoms with E-state index < -0.39 is 0 Å². The lowest BCUT2D eigenvalue weighted by Gasteiger charge is -2.26. The fraction of sp³-hybridized carbons (Fsp3) is 0.241. The number of methoxy groups -OCH3 is 1. The number of aryl methyl sites for hydroxylation is 1. The molecule has 4 aromatic rings. The molecular formula is C29H26FN5O2S. The normalized spacial score (nSPS) is 13.8. The summed E-state index contributed by atoms with van der Waals surface area (Å²) in [5.41, 5.74) is 5.26. The Kier molecular flexibility index (Phi) is 7.54. The molecule has 7 nitrogen and oxygen atoms in total. The van der Waals surface area contributed by atoms with E-state index in [1.807, 2.05) is 48.0 Å². The summed E-state index contributed by atoms with van der Waals surface area (Å²) in [5, 5.41) is 9.76. The van der Waals surface area contributed by atoms with Crippen molar-refractivity contribution in [3.63, 3.8) is 0 Å². The molecule has 0 amide bonds.